The molecule has 0 aliphatic carbocycles. The Kier molecular flexibility index (Phi) is 5.14. The van der Waals surface area contributed by atoms with Gasteiger partial charge in [-0.15, -0.1) is 0 Å². The zero-order chi connectivity index (χ0) is 14.6. The molecule has 8 heteroatoms. The van der Waals surface area contributed by atoms with Crippen molar-refractivity contribution in [1.29, 1.82) is 0 Å². The lowest BCUT2D eigenvalue weighted by Gasteiger charge is -2.30. The summed E-state index contributed by atoms with van der Waals surface area (Å²) >= 11 is 0. The van der Waals surface area contributed by atoms with Gasteiger partial charge in [0.2, 0.25) is 10.0 Å². The van der Waals surface area contributed by atoms with Gasteiger partial charge in [0.1, 0.15) is 4.90 Å². The second-order valence-corrected chi connectivity index (χ2v) is 6.97. The molecule has 1 aliphatic heterocycles. The Morgan fingerprint density at radius 1 is 1.45 bits per heavy atom. The Bertz CT molecular complexity index is 521. The van der Waals surface area contributed by atoms with E-state index in [4.69, 9.17) is 10.5 Å². The van der Waals surface area contributed by atoms with E-state index < -0.39 is 10.0 Å². The van der Waals surface area contributed by atoms with Gasteiger partial charge in [-0.05, 0) is 18.8 Å². The number of nitrogens with two attached hydrogens (primary N) is 1. The van der Waals surface area contributed by atoms with E-state index in [1.807, 2.05) is 0 Å². The minimum Gasteiger partial charge on any atom is -0.384 e. The van der Waals surface area contributed by atoms with Crippen LogP contribution in [-0.2, 0) is 21.3 Å². The molecular weight excluding hydrogens is 280 g/mol. The molecule has 114 valence electrons. The van der Waals surface area contributed by atoms with Gasteiger partial charge in [0, 0.05) is 39.5 Å². The summed E-state index contributed by atoms with van der Waals surface area (Å²) < 4.78 is 33.2. The fraction of sp³-hybridized carbons (Fsp3) is 0.750. The first-order valence-corrected chi connectivity index (χ1v) is 8.23. The van der Waals surface area contributed by atoms with Crippen LogP contribution in [0.15, 0.2) is 17.3 Å². The van der Waals surface area contributed by atoms with Crippen LogP contribution in [0, 0.1) is 5.92 Å². The summed E-state index contributed by atoms with van der Waals surface area (Å²) in [5.74, 6) is 0.450. The largest absolute Gasteiger partial charge is 0.384 e. The highest BCUT2D eigenvalue weighted by Gasteiger charge is 2.30. The van der Waals surface area contributed by atoms with Gasteiger partial charge in [0.25, 0.3) is 0 Å². The summed E-state index contributed by atoms with van der Waals surface area (Å²) in [4.78, 5) is 0.246. The lowest BCUT2D eigenvalue weighted by Crippen LogP contribution is -2.39. The highest BCUT2D eigenvalue weighted by molar-refractivity contribution is 7.89. The van der Waals surface area contributed by atoms with Gasteiger partial charge in [0.05, 0.1) is 12.7 Å². The lowest BCUT2D eigenvalue weighted by atomic mass is 9.99. The van der Waals surface area contributed by atoms with Crippen molar-refractivity contribution in [3.05, 3.63) is 12.4 Å². The molecular formula is C12H22N4O3S. The summed E-state index contributed by atoms with van der Waals surface area (Å²) in [6, 6.07) is 0. The molecule has 7 nitrogen and oxygen atoms in total. The third kappa shape index (κ3) is 3.38. The van der Waals surface area contributed by atoms with Crippen molar-refractivity contribution in [3.63, 3.8) is 0 Å². The minimum absolute atomic E-state index is 0.246. The Balaban J connectivity index is 2.03. The van der Waals surface area contributed by atoms with Crippen LogP contribution in [0.2, 0.25) is 0 Å². The average molecular weight is 302 g/mol. The molecule has 2 heterocycles. The fourth-order valence-corrected chi connectivity index (χ4v) is 3.86. The van der Waals surface area contributed by atoms with Crippen LogP contribution in [0.3, 0.4) is 0 Å². The van der Waals surface area contributed by atoms with Gasteiger partial charge >= 0.3 is 0 Å². The molecule has 0 amide bonds. The highest BCUT2D eigenvalue weighted by atomic mass is 32.2. The first-order chi connectivity index (χ1) is 9.57. The van der Waals surface area contributed by atoms with Gasteiger partial charge in [-0.3, -0.25) is 4.68 Å². The van der Waals surface area contributed by atoms with E-state index >= 15 is 0 Å². The fourth-order valence-electron chi connectivity index (χ4n) is 2.43. The number of sulfonamides is 1. The standard InChI is InChI=1S/C12H22N4O3S/c1-19-10-11-2-5-16(6-3-11)20(17,18)12-8-14-15(9-12)7-4-13/h8-9,11H,2-7,10,13H2,1H3. The maximum atomic E-state index is 12.5. The van der Waals surface area contributed by atoms with Crippen molar-refractivity contribution in [1.82, 2.24) is 14.1 Å². The molecule has 0 spiro atoms. The van der Waals surface area contributed by atoms with E-state index in [1.54, 1.807) is 18.0 Å². The molecule has 0 saturated carbocycles. The number of methoxy groups -OCH3 is 1. The molecule has 2 N–H and O–H groups in total. The predicted octanol–water partition coefficient (Wildman–Crippen LogP) is -0.111. The molecule has 1 aliphatic rings. The van der Waals surface area contributed by atoms with Gasteiger partial charge in [-0.1, -0.05) is 0 Å². The van der Waals surface area contributed by atoms with Crippen LogP contribution in [0.4, 0.5) is 0 Å². The molecule has 1 saturated heterocycles. The molecule has 1 fully saturated rings. The van der Waals surface area contributed by atoms with E-state index in [0.29, 0.717) is 38.7 Å². The minimum atomic E-state index is -3.43. The van der Waals surface area contributed by atoms with E-state index in [1.165, 1.54) is 10.5 Å². The molecule has 2 rings (SSSR count). The predicted molar refractivity (Wildman–Crippen MR) is 74.6 cm³/mol. The van der Waals surface area contributed by atoms with Crippen LogP contribution >= 0.6 is 0 Å². The monoisotopic (exact) mass is 302 g/mol. The first kappa shape index (κ1) is 15.4. The highest BCUT2D eigenvalue weighted by Crippen LogP contribution is 2.23. The SMILES string of the molecule is COCC1CCN(S(=O)(=O)c2cnn(CCN)c2)CC1. The molecule has 1 aromatic rings. The van der Waals surface area contributed by atoms with Gasteiger partial charge in [0.15, 0.2) is 0 Å². The number of nitrogens with zero attached hydrogens (tertiary/aromatic N) is 3. The second-order valence-electron chi connectivity index (χ2n) is 5.03. The number of piperidine rings is 1. The van der Waals surface area contributed by atoms with Crippen molar-refractivity contribution < 1.29 is 13.2 Å². The molecule has 1 aromatic heterocycles. The van der Waals surface area contributed by atoms with Gasteiger partial charge in [-0.2, -0.15) is 9.40 Å². The van der Waals surface area contributed by atoms with Crippen LogP contribution in [0.25, 0.3) is 0 Å². The second kappa shape index (κ2) is 6.66. The van der Waals surface area contributed by atoms with Gasteiger partial charge in [-0.25, -0.2) is 8.42 Å². The Morgan fingerprint density at radius 3 is 2.75 bits per heavy atom. The van der Waals surface area contributed by atoms with E-state index in [9.17, 15) is 8.42 Å². The Labute approximate surface area is 119 Å². The van der Waals surface area contributed by atoms with Crippen molar-refractivity contribution >= 4 is 10.0 Å². The molecule has 0 unspecified atom stereocenters. The Morgan fingerprint density at radius 2 is 2.15 bits per heavy atom. The van der Waals surface area contributed by atoms with Crippen molar-refractivity contribution in [3.8, 4) is 0 Å². The smallest absolute Gasteiger partial charge is 0.246 e. The van der Waals surface area contributed by atoms with E-state index in [0.717, 1.165) is 12.8 Å². The summed E-state index contributed by atoms with van der Waals surface area (Å²) in [7, 11) is -1.75. The van der Waals surface area contributed by atoms with E-state index in [2.05, 4.69) is 5.10 Å². The molecule has 0 bridgehead atoms. The lowest BCUT2D eigenvalue weighted by molar-refractivity contribution is 0.121. The number of hydrogen-bond donors (Lipinski definition) is 1. The number of rotatable bonds is 6. The van der Waals surface area contributed by atoms with Crippen LogP contribution in [-0.4, -0.2) is 55.9 Å². The Hall–Kier alpha value is -0.960. The van der Waals surface area contributed by atoms with E-state index in [-0.39, 0.29) is 4.90 Å². The molecule has 20 heavy (non-hydrogen) atoms. The number of hydrogen-bond acceptors (Lipinski definition) is 5. The zero-order valence-corrected chi connectivity index (χ0v) is 12.6. The summed E-state index contributed by atoms with van der Waals surface area (Å²) in [5, 5.41) is 4.02. The molecule has 0 aromatic carbocycles. The average Bonchev–Trinajstić information content (AvgIpc) is 2.90. The number of ether oxygens (including phenoxy) is 1. The normalized spacial score (nSPS) is 18.5. The third-order valence-electron chi connectivity index (χ3n) is 3.58. The maximum Gasteiger partial charge on any atom is 0.246 e. The van der Waals surface area contributed by atoms with Gasteiger partial charge < -0.3 is 10.5 Å². The topological polar surface area (TPSA) is 90.5 Å². The summed E-state index contributed by atoms with van der Waals surface area (Å²) in [5.41, 5.74) is 5.43. The quantitative estimate of drug-likeness (QED) is 0.792. The summed E-state index contributed by atoms with van der Waals surface area (Å²) in [6.45, 7) is 2.73. The third-order valence-corrected chi connectivity index (χ3v) is 5.43. The van der Waals surface area contributed by atoms with Crippen LogP contribution in [0.1, 0.15) is 12.8 Å². The number of aromatic nitrogens is 2. The summed E-state index contributed by atoms with van der Waals surface area (Å²) in [6.07, 6.45) is 4.61. The van der Waals surface area contributed by atoms with Crippen molar-refractivity contribution in [2.45, 2.75) is 24.3 Å². The molecule has 0 radical (unpaired) electrons. The van der Waals surface area contributed by atoms with Crippen LogP contribution < -0.4 is 5.73 Å². The zero-order valence-electron chi connectivity index (χ0n) is 11.7. The van der Waals surface area contributed by atoms with Crippen molar-refractivity contribution in [2.24, 2.45) is 11.7 Å². The van der Waals surface area contributed by atoms with Crippen molar-refractivity contribution in [2.75, 3.05) is 33.4 Å². The van der Waals surface area contributed by atoms with Crippen LogP contribution in [0.5, 0.6) is 0 Å². The molecule has 0 atom stereocenters. The maximum absolute atomic E-state index is 12.5. The first-order valence-electron chi connectivity index (χ1n) is 6.79.